The lowest BCUT2D eigenvalue weighted by Gasteiger charge is -2.12. The molecule has 2 rings (SSSR count). The Hall–Kier alpha value is -2.56. The SMILES string of the molecule is O=Cc1nccnc1C(C(=O)O)c1ccccc1. The van der Waals surface area contributed by atoms with Crippen LogP contribution < -0.4 is 0 Å². The lowest BCUT2D eigenvalue weighted by molar-refractivity contribution is -0.137. The molecule has 1 atom stereocenters. The molecule has 0 aliphatic rings. The van der Waals surface area contributed by atoms with E-state index in [0.717, 1.165) is 0 Å². The maximum Gasteiger partial charge on any atom is 0.317 e. The summed E-state index contributed by atoms with van der Waals surface area (Å²) >= 11 is 0. The summed E-state index contributed by atoms with van der Waals surface area (Å²) in [5, 5.41) is 9.32. The maximum absolute atomic E-state index is 11.4. The van der Waals surface area contributed by atoms with Gasteiger partial charge in [-0.25, -0.2) is 4.98 Å². The summed E-state index contributed by atoms with van der Waals surface area (Å²) in [6.07, 6.45) is 3.25. The van der Waals surface area contributed by atoms with Gasteiger partial charge in [0.2, 0.25) is 0 Å². The Morgan fingerprint density at radius 1 is 1.17 bits per heavy atom. The number of carboxylic acids is 1. The fourth-order valence-electron chi connectivity index (χ4n) is 1.74. The summed E-state index contributed by atoms with van der Waals surface area (Å²) in [5.41, 5.74) is 0.772. The highest BCUT2D eigenvalue weighted by Crippen LogP contribution is 2.24. The van der Waals surface area contributed by atoms with E-state index in [4.69, 9.17) is 0 Å². The second kappa shape index (κ2) is 5.18. The first kappa shape index (κ1) is 11.9. The number of rotatable bonds is 4. The summed E-state index contributed by atoms with van der Waals surface area (Å²) in [5.74, 6) is -2.05. The molecule has 0 saturated carbocycles. The first-order valence-electron chi connectivity index (χ1n) is 5.28. The first-order chi connectivity index (χ1) is 8.74. The zero-order valence-electron chi connectivity index (χ0n) is 9.35. The molecule has 5 nitrogen and oxygen atoms in total. The Kier molecular flexibility index (Phi) is 3.43. The van der Waals surface area contributed by atoms with Crippen molar-refractivity contribution in [3.05, 3.63) is 59.7 Å². The molecular formula is C13H10N2O3. The number of aldehydes is 1. The molecule has 90 valence electrons. The molecule has 1 unspecified atom stereocenters. The van der Waals surface area contributed by atoms with Crippen LogP contribution in [0.25, 0.3) is 0 Å². The van der Waals surface area contributed by atoms with Crippen LogP contribution in [0.3, 0.4) is 0 Å². The van der Waals surface area contributed by atoms with Gasteiger partial charge in [0.1, 0.15) is 11.6 Å². The predicted molar refractivity (Wildman–Crippen MR) is 63.3 cm³/mol. The van der Waals surface area contributed by atoms with E-state index in [0.29, 0.717) is 11.8 Å². The molecule has 0 bridgehead atoms. The van der Waals surface area contributed by atoms with E-state index in [9.17, 15) is 14.7 Å². The van der Waals surface area contributed by atoms with Crippen molar-refractivity contribution in [3.63, 3.8) is 0 Å². The van der Waals surface area contributed by atoms with Crippen molar-refractivity contribution in [1.29, 1.82) is 0 Å². The Morgan fingerprint density at radius 3 is 2.44 bits per heavy atom. The standard InChI is InChI=1S/C13H10N2O3/c16-8-10-12(15-7-6-14-10)11(13(17)18)9-4-2-1-3-5-9/h1-8,11H,(H,17,18). The second-order valence-corrected chi connectivity index (χ2v) is 3.63. The Balaban J connectivity index is 2.56. The third kappa shape index (κ3) is 2.24. The van der Waals surface area contributed by atoms with Gasteiger partial charge in [-0.15, -0.1) is 0 Å². The summed E-state index contributed by atoms with van der Waals surface area (Å²) in [4.78, 5) is 30.1. The molecule has 1 aromatic heterocycles. The molecule has 0 saturated heterocycles. The van der Waals surface area contributed by atoms with E-state index in [-0.39, 0.29) is 11.4 Å². The van der Waals surface area contributed by atoms with Crippen LogP contribution in [0.15, 0.2) is 42.7 Å². The maximum atomic E-state index is 11.4. The summed E-state index contributed by atoms with van der Waals surface area (Å²) in [6.45, 7) is 0. The molecule has 0 amide bonds. The van der Waals surface area contributed by atoms with Crippen molar-refractivity contribution < 1.29 is 14.7 Å². The number of carbonyl (C=O) groups is 2. The van der Waals surface area contributed by atoms with Crippen molar-refractivity contribution in [1.82, 2.24) is 9.97 Å². The van der Waals surface area contributed by atoms with Crippen LogP contribution in [-0.2, 0) is 4.79 Å². The number of carboxylic acid groups (broad SMARTS) is 1. The number of hydrogen-bond donors (Lipinski definition) is 1. The van der Waals surface area contributed by atoms with E-state index < -0.39 is 11.9 Å². The predicted octanol–water partition coefficient (Wildman–Crippen LogP) is 1.51. The summed E-state index contributed by atoms with van der Waals surface area (Å²) in [6, 6.07) is 8.63. The lowest BCUT2D eigenvalue weighted by atomic mass is 9.94. The molecule has 0 fully saturated rings. The normalized spacial score (nSPS) is 11.8. The van der Waals surface area contributed by atoms with Crippen molar-refractivity contribution in [2.45, 2.75) is 5.92 Å². The highest BCUT2D eigenvalue weighted by atomic mass is 16.4. The highest BCUT2D eigenvalue weighted by Gasteiger charge is 2.26. The van der Waals surface area contributed by atoms with Crippen molar-refractivity contribution in [2.24, 2.45) is 0 Å². The van der Waals surface area contributed by atoms with Gasteiger partial charge in [-0.1, -0.05) is 30.3 Å². The largest absolute Gasteiger partial charge is 0.480 e. The fourth-order valence-corrected chi connectivity index (χ4v) is 1.74. The van der Waals surface area contributed by atoms with Crippen LogP contribution in [0, 0.1) is 0 Å². The van der Waals surface area contributed by atoms with Gasteiger partial charge in [0.05, 0.1) is 5.69 Å². The van der Waals surface area contributed by atoms with E-state index in [1.165, 1.54) is 12.4 Å². The molecule has 0 radical (unpaired) electrons. The molecule has 0 aliphatic carbocycles. The quantitative estimate of drug-likeness (QED) is 0.822. The molecule has 1 heterocycles. The smallest absolute Gasteiger partial charge is 0.317 e. The van der Waals surface area contributed by atoms with Crippen LogP contribution in [-0.4, -0.2) is 27.3 Å². The van der Waals surface area contributed by atoms with Crippen LogP contribution in [0.1, 0.15) is 27.7 Å². The molecule has 2 aromatic rings. The average molecular weight is 242 g/mol. The Bertz CT molecular complexity index is 569. The minimum absolute atomic E-state index is 0.0498. The number of nitrogens with zero attached hydrogens (tertiary/aromatic N) is 2. The highest BCUT2D eigenvalue weighted by molar-refractivity contribution is 5.84. The number of aliphatic carboxylic acids is 1. The van der Waals surface area contributed by atoms with Gasteiger partial charge in [-0.05, 0) is 5.56 Å². The average Bonchev–Trinajstić information content (AvgIpc) is 2.40. The van der Waals surface area contributed by atoms with Gasteiger partial charge in [0.25, 0.3) is 0 Å². The Labute approximate surface area is 103 Å². The molecule has 0 aliphatic heterocycles. The first-order valence-corrected chi connectivity index (χ1v) is 5.28. The zero-order chi connectivity index (χ0) is 13.0. The zero-order valence-corrected chi connectivity index (χ0v) is 9.35. The third-order valence-electron chi connectivity index (χ3n) is 2.52. The van der Waals surface area contributed by atoms with Gasteiger partial charge in [0.15, 0.2) is 6.29 Å². The molecular weight excluding hydrogens is 232 g/mol. The Morgan fingerprint density at radius 2 is 1.83 bits per heavy atom. The van der Waals surface area contributed by atoms with E-state index in [1.54, 1.807) is 30.3 Å². The minimum atomic E-state index is -1.06. The van der Waals surface area contributed by atoms with Gasteiger partial charge in [-0.3, -0.25) is 14.6 Å². The van der Waals surface area contributed by atoms with Gasteiger partial charge >= 0.3 is 5.97 Å². The van der Waals surface area contributed by atoms with Crippen LogP contribution in [0.5, 0.6) is 0 Å². The van der Waals surface area contributed by atoms with Crippen LogP contribution in [0.2, 0.25) is 0 Å². The molecule has 5 heteroatoms. The number of hydrogen-bond acceptors (Lipinski definition) is 4. The molecule has 0 spiro atoms. The van der Waals surface area contributed by atoms with Gasteiger partial charge < -0.3 is 5.11 Å². The van der Waals surface area contributed by atoms with Crippen molar-refractivity contribution in [2.75, 3.05) is 0 Å². The molecule has 18 heavy (non-hydrogen) atoms. The number of carbonyl (C=O) groups excluding carboxylic acids is 1. The molecule has 1 aromatic carbocycles. The number of benzene rings is 1. The monoisotopic (exact) mass is 242 g/mol. The van der Waals surface area contributed by atoms with E-state index >= 15 is 0 Å². The van der Waals surface area contributed by atoms with Gasteiger partial charge in [0, 0.05) is 12.4 Å². The minimum Gasteiger partial charge on any atom is -0.480 e. The van der Waals surface area contributed by atoms with E-state index in [1.807, 2.05) is 0 Å². The summed E-state index contributed by atoms with van der Waals surface area (Å²) in [7, 11) is 0. The van der Waals surface area contributed by atoms with Gasteiger partial charge in [-0.2, -0.15) is 0 Å². The van der Waals surface area contributed by atoms with Crippen molar-refractivity contribution in [3.8, 4) is 0 Å². The van der Waals surface area contributed by atoms with Crippen molar-refractivity contribution >= 4 is 12.3 Å². The molecule has 1 N–H and O–H groups in total. The third-order valence-corrected chi connectivity index (χ3v) is 2.52. The summed E-state index contributed by atoms with van der Waals surface area (Å²) < 4.78 is 0. The van der Waals surface area contributed by atoms with E-state index in [2.05, 4.69) is 9.97 Å². The topological polar surface area (TPSA) is 80.2 Å². The fraction of sp³-hybridized carbons (Fsp3) is 0.0769. The van der Waals surface area contributed by atoms with Crippen LogP contribution >= 0.6 is 0 Å². The number of aromatic nitrogens is 2. The lowest BCUT2D eigenvalue weighted by Crippen LogP contribution is -2.17. The second-order valence-electron chi connectivity index (χ2n) is 3.63. The van der Waals surface area contributed by atoms with Crippen LogP contribution in [0.4, 0.5) is 0 Å².